The first-order valence-electron chi connectivity index (χ1n) is 4.17. The van der Waals surface area contributed by atoms with Gasteiger partial charge >= 0.3 is 0 Å². The van der Waals surface area contributed by atoms with Crippen molar-refractivity contribution in [2.45, 2.75) is 13.5 Å². The van der Waals surface area contributed by atoms with E-state index in [4.69, 9.17) is 0 Å². The third-order valence-electron chi connectivity index (χ3n) is 1.87. The molecule has 0 amide bonds. The van der Waals surface area contributed by atoms with E-state index < -0.39 is 0 Å². The maximum absolute atomic E-state index is 9.47. The van der Waals surface area contributed by atoms with Crippen LogP contribution in [-0.2, 0) is 6.54 Å². The van der Waals surface area contributed by atoms with Gasteiger partial charge in [-0.05, 0) is 12.5 Å². The van der Waals surface area contributed by atoms with Gasteiger partial charge in [-0.2, -0.15) is 0 Å². The number of hydrogen-bond acceptors (Lipinski definition) is 2. The highest BCUT2D eigenvalue weighted by molar-refractivity contribution is 5.78. The molecule has 0 aliphatic heterocycles. The Morgan fingerprint density at radius 1 is 1.38 bits per heavy atom. The van der Waals surface area contributed by atoms with E-state index in [-0.39, 0.29) is 0 Å². The lowest BCUT2D eigenvalue weighted by molar-refractivity contribution is -0.0236. The molecular formula is C10H14N2O. The Labute approximate surface area is 78.3 Å². The van der Waals surface area contributed by atoms with Crippen LogP contribution in [0.25, 0.3) is 0 Å². The number of amidine groups is 1. The van der Waals surface area contributed by atoms with E-state index in [0.717, 1.165) is 10.6 Å². The monoisotopic (exact) mass is 178 g/mol. The predicted molar refractivity (Wildman–Crippen MR) is 52.8 cm³/mol. The first-order valence-corrected chi connectivity index (χ1v) is 4.17. The highest BCUT2D eigenvalue weighted by Crippen LogP contribution is 2.02. The van der Waals surface area contributed by atoms with Crippen molar-refractivity contribution >= 4 is 5.84 Å². The summed E-state index contributed by atoms with van der Waals surface area (Å²) in [5.41, 5.74) is 1.06. The van der Waals surface area contributed by atoms with Gasteiger partial charge < -0.3 is 0 Å². The topological polar surface area (TPSA) is 35.8 Å². The van der Waals surface area contributed by atoms with Gasteiger partial charge in [0.15, 0.2) is 0 Å². The summed E-state index contributed by atoms with van der Waals surface area (Å²) >= 11 is 0. The van der Waals surface area contributed by atoms with E-state index in [9.17, 15) is 5.21 Å². The Balaban J connectivity index is 2.60. The van der Waals surface area contributed by atoms with Crippen molar-refractivity contribution in [1.29, 1.82) is 0 Å². The van der Waals surface area contributed by atoms with Gasteiger partial charge in [-0.15, -0.1) is 0 Å². The summed E-state index contributed by atoms with van der Waals surface area (Å²) in [6.45, 7) is 2.24. The fourth-order valence-corrected chi connectivity index (χ4v) is 0.986. The minimum absolute atomic E-state index is 0.476. The summed E-state index contributed by atoms with van der Waals surface area (Å²) in [6.07, 6.45) is 0. The van der Waals surface area contributed by atoms with Gasteiger partial charge in [-0.1, -0.05) is 30.3 Å². The molecular weight excluding hydrogens is 164 g/mol. The molecule has 70 valence electrons. The van der Waals surface area contributed by atoms with Crippen molar-refractivity contribution in [3.8, 4) is 0 Å². The molecule has 1 aromatic rings. The summed E-state index contributed by atoms with van der Waals surface area (Å²) in [5.74, 6) is 0.615. The van der Waals surface area contributed by atoms with Crippen LogP contribution in [-0.4, -0.2) is 23.2 Å². The molecule has 1 rings (SSSR count). The molecule has 0 unspecified atom stereocenters. The van der Waals surface area contributed by atoms with Gasteiger partial charge in [-0.3, -0.25) is 10.2 Å². The maximum atomic E-state index is 9.47. The summed E-state index contributed by atoms with van der Waals surface area (Å²) in [7, 11) is 1.66. The van der Waals surface area contributed by atoms with E-state index in [2.05, 4.69) is 4.99 Å². The zero-order chi connectivity index (χ0) is 9.68. The third kappa shape index (κ3) is 2.87. The second kappa shape index (κ2) is 4.62. The second-order valence-electron chi connectivity index (χ2n) is 2.81. The van der Waals surface area contributed by atoms with Crippen molar-refractivity contribution in [1.82, 2.24) is 5.06 Å². The van der Waals surface area contributed by atoms with E-state index in [1.54, 1.807) is 14.0 Å². The summed E-state index contributed by atoms with van der Waals surface area (Å²) < 4.78 is 0. The van der Waals surface area contributed by atoms with Crippen molar-refractivity contribution in [2.24, 2.45) is 4.99 Å². The molecule has 0 aromatic heterocycles. The van der Waals surface area contributed by atoms with Crippen molar-refractivity contribution < 1.29 is 5.21 Å². The molecule has 0 radical (unpaired) electrons. The summed E-state index contributed by atoms with van der Waals surface area (Å²) in [6, 6.07) is 9.77. The molecule has 13 heavy (non-hydrogen) atoms. The molecule has 0 spiro atoms. The predicted octanol–water partition coefficient (Wildman–Crippen LogP) is 1.93. The number of aliphatic imine (C=N–C) groups is 1. The standard InChI is InChI=1S/C10H14N2O/c1-9(11-2)12(13)8-10-6-4-3-5-7-10/h3-7,13H,8H2,1-2H3. The number of rotatable bonds is 2. The van der Waals surface area contributed by atoms with Crippen LogP contribution in [0.3, 0.4) is 0 Å². The van der Waals surface area contributed by atoms with Crippen LogP contribution in [0.5, 0.6) is 0 Å². The van der Waals surface area contributed by atoms with Crippen LogP contribution in [0.15, 0.2) is 35.3 Å². The van der Waals surface area contributed by atoms with Crippen LogP contribution in [0.2, 0.25) is 0 Å². The highest BCUT2D eigenvalue weighted by atomic mass is 16.5. The first-order chi connectivity index (χ1) is 6.24. The molecule has 0 saturated carbocycles. The molecule has 0 fully saturated rings. The molecule has 0 aliphatic rings. The lowest BCUT2D eigenvalue weighted by Gasteiger charge is -2.15. The van der Waals surface area contributed by atoms with Crippen molar-refractivity contribution in [2.75, 3.05) is 7.05 Å². The average molecular weight is 178 g/mol. The molecule has 0 heterocycles. The Morgan fingerprint density at radius 3 is 2.54 bits per heavy atom. The molecule has 0 aliphatic carbocycles. The van der Waals surface area contributed by atoms with Gasteiger partial charge in [-0.25, -0.2) is 5.06 Å². The average Bonchev–Trinajstić information content (AvgIpc) is 2.18. The molecule has 3 heteroatoms. The Hall–Kier alpha value is -1.35. The minimum Gasteiger partial charge on any atom is -0.287 e. The largest absolute Gasteiger partial charge is 0.287 e. The quantitative estimate of drug-likeness (QED) is 0.426. The minimum atomic E-state index is 0.476. The molecule has 0 atom stereocenters. The molecule has 0 bridgehead atoms. The van der Waals surface area contributed by atoms with Crippen LogP contribution < -0.4 is 0 Å². The van der Waals surface area contributed by atoms with Crippen LogP contribution in [0.1, 0.15) is 12.5 Å². The van der Waals surface area contributed by atoms with Crippen molar-refractivity contribution in [3.05, 3.63) is 35.9 Å². The van der Waals surface area contributed by atoms with Gasteiger partial charge in [0.05, 0.1) is 6.54 Å². The van der Waals surface area contributed by atoms with Crippen LogP contribution >= 0.6 is 0 Å². The zero-order valence-electron chi connectivity index (χ0n) is 7.94. The fraction of sp³-hybridized carbons (Fsp3) is 0.300. The lowest BCUT2D eigenvalue weighted by atomic mass is 10.2. The fourth-order valence-electron chi connectivity index (χ4n) is 0.986. The Bertz CT molecular complexity index is 282. The van der Waals surface area contributed by atoms with Crippen LogP contribution in [0.4, 0.5) is 0 Å². The zero-order valence-corrected chi connectivity index (χ0v) is 7.94. The van der Waals surface area contributed by atoms with Crippen LogP contribution in [0, 0.1) is 0 Å². The number of hydrogen-bond donors (Lipinski definition) is 1. The summed E-state index contributed by atoms with van der Waals surface area (Å²) in [4.78, 5) is 3.88. The van der Waals surface area contributed by atoms with E-state index in [1.165, 1.54) is 0 Å². The van der Waals surface area contributed by atoms with Crippen molar-refractivity contribution in [3.63, 3.8) is 0 Å². The molecule has 0 saturated heterocycles. The number of hydroxylamine groups is 2. The van der Waals surface area contributed by atoms with E-state index in [0.29, 0.717) is 12.4 Å². The first kappa shape index (κ1) is 9.74. The molecule has 3 nitrogen and oxygen atoms in total. The molecule has 1 aromatic carbocycles. The van der Waals surface area contributed by atoms with Gasteiger partial charge in [0.25, 0.3) is 0 Å². The smallest absolute Gasteiger partial charge is 0.120 e. The summed E-state index contributed by atoms with van der Waals surface area (Å²) in [5, 5.41) is 10.6. The lowest BCUT2D eigenvalue weighted by Crippen LogP contribution is -2.24. The Morgan fingerprint density at radius 2 is 2.00 bits per heavy atom. The second-order valence-corrected chi connectivity index (χ2v) is 2.81. The molecule has 1 N–H and O–H groups in total. The number of nitrogens with zero attached hydrogens (tertiary/aromatic N) is 2. The Kier molecular flexibility index (Phi) is 3.46. The normalized spacial score (nSPS) is 11.5. The SMILES string of the molecule is CN=C(C)N(O)Cc1ccccc1. The maximum Gasteiger partial charge on any atom is 0.120 e. The van der Waals surface area contributed by atoms with Gasteiger partial charge in [0, 0.05) is 7.05 Å². The van der Waals surface area contributed by atoms with E-state index in [1.807, 2.05) is 30.3 Å². The van der Waals surface area contributed by atoms with Gasteiger partial charge in [0.2, 0.25) is 0 Å². The highest BCUT2D eigenvalue weighted by Gasteiger charge is 2.01. The third-order valence-corrected chi connectivity index (χ3v) is 1.87. The van der Waals surface area contributed by atoms with Gasteiger partial charge in [0.1, 0.15) is 5.84 Å². The van der Waals surface area contributed by atoms with E-state index >= 15 is 0 Å². The number of benzene rings is 1.